The summed E-state index contributed by atoms with van der Waals surface area (Å²) in [6.07, 6.45) is -5.56. The molecule has 0 unspecified atom stereocenters. The second-order valence-corrected chi connectivity index (χ2v) is 9.98. The van der Waals surface area contributed by atoms with E-state index < -0.39 is 35.0 Å². The van der Waals surface area contributed by atoms with Gasteiger partial charge in [-0.05, 0) is 24.7 Å². The molecule has 158 valence electrons. The van der Waals surface area contributed by atoms with Gasteiger partial charge in [-0.3, -0.25) is 0 Å². The maximum Gasteiger partial charge on any atom is 0.427 e. The van der Waals surface area contributed by atoms with Crippen LogP contribution < -0.4 is 0 Å². The van der Waals surface area contributed by atoms with E-state index in [9.17, 15) is 26.4 Å². The van der Waals surface area contributed by atoms with Gasteiger partial charge in [0.25, 0.3) is 10.0 Å². The molecule has 2 aliphatic rings. The first-order chi connectivity index (χ1) is 13.1. The lowest BCUT2D eigenvalue weighted by Gasteiger charge is -2.39. The van der Waals surface area contributed by atoms with Gasteiger partial charge in [0.2, 0.25) is 10.4 Å². The number of piperidine rings is 1. The highest BCUT2D eigenvalue weighted by Crippen LogP contribution is 2.42. The quantitative estimate of drug-likeness (QED) is 0.760. The van der Waals surface area contributed by atoms with Crippen molar-refractivity contribution < 1.29 is 36.2 Å². The number of ether oxygens (including phenoxy) is 1. The number of likely N-dealkylation sites (tertiary alicyclic amines) is 1. The first-order valence-electron chi connectivity index (χ1n) is 8.60. The number of aromatic nitrogens is 1. The predicted octanol–water partition coefficient (Wildman–Crippen LogP) is 1.68. The summed E-state index contributed by atoms with van der Waals surface area (Å²) in [6, 6.07) is 0. The molecule has 1 aromatic heterocycles. The predicted molar refractivity (Wildman–Crippen MR) is 92.1 cm³/mol. The fourth-order valence-corrected chi connectivity index (χ4v) is 6.04. The van der Waals surface area contributed by atoms with E-state index >= 15 is 0 Å². The maximum atomic E-state index is 12.6. The summed E-state index contributed by atoms with van der Waals surface area (Å²) in [5, 5.41) is 10.4. The monoisotopic (exact) mass is 443 g/mol. The third-order valence-corrected chi connectivity index (χ3v) is 8.25. The Kier molecular flexibility index (Phi) is 5.90. The zero-order valence-corrected chi connectivity index (χ0v) is 16.4. The van der Waals surface area contributed by atoms with Gasteiger partial charge in [0.15, 0.2) is 0 Å². The molecule has 0 bridgehead atoms. The lowest BCUT2D eigenvalue weighted by molar-refractivity contribution is -0.215. The van der Waals surface area contributed by atoms with Gasteiger partial charge >= 0.3 is 12.3 Å². The van der Waals surface area contributed by atoms with E-state index in [1.165, 1.54) is 10.5 Å². The van der Waals surface area contributed by atoms with Crippen molar-refractivity contribution in [2.75, 3.05) is 32.8 Å². The van der Waals surface area contributed by atoms with Gasteiger partial charge in [0, 0.05) is 37.8 Å². The van der Waals surface area contributed by atoms with Crippen molar-refractivity contribution in [2.45, 2.75) is 35.9 Å². The van der Waals surface area contributed by atoms with Crippen molar-refractivity contribution in [3.63, 3.8) is 0 Å². The van der Waals surface area contributed by atoms with E-state index in [4.69, 9.17) is 5.11 Å². The molecular weight excluding hydrogens is 423 g/mol. The number of halogens is 3. The van der Waals surface area contributed by atoms with Crippen LogP contribution in [0.25, 0.3) is 0 Å². The third-order valence-electron chi connectivity index (χ3n) is 5.23. The molecule has 1 amide bonds. The molecule has 1 atom stereocenters. The highest BCUT2D eigenvalue weighted by Gasteiger charge is 2.47. The van der Waals surface area contributed by atoms with Gasteiger partial charge in [0.1, 0.15) is 0 Å². The fraction of sp³-hybridized carbons (Fsp3) is 0.733. The minimum absolute atomic E-state index is 0.0350. The molecule has 2 saturated heterocycles. The lowest BCUT2D eigenvalue weighted by Crippen LogP contribution is -2.47. The number of aliphatic hydroxyl groups excluding tert-OH is 1. The second-order valence-electron chi connectivity index (χ2n) is 6.97. The van der Waals surface area contributed by atoms with Crippen molar-refractivity contribution >= 4 is 27.5 Å². The normalized spacial score (nSPS) is 21.8. The number of carbonyl (C=O) groups excluding carboxylic acids is 1. The molecule has 3 heterocycles. The molecule has 13 heteroatoms. The van der Waals surface area contributed by atoms with Crippen LogP contribution in [0.15, 0.2) is 15.9 Å². The summed E-state index contributed by atoms with van der Waals surface area (Å²) in [7, 11) is -3.65. The number of carbonyl (C=O) groups is 1. The van der Waals surface area contributed by atoms with E-state index in [0.29, 0.717) is 32.4 Å². The van der Waals surface area contributed by atoms with Crippen LogP contribution in [-0.4, -0.2) is 78.9 Å². The van der Waals surface area contributed by atoms with Gasteiger partial charge in [-0.15, -0.1) is 11.3 Å². The van der Waals surface area contributed by atoms with E-state index in [0.717, 1.165) is 16.2 Å². The first-order valence-corrected chi connectivity index (χ1v) is 10.9. The minimum Gasteiger partial charge on any atom is -0.434 e. The summed E-state index contributed by atoms with van der Waals surface area (Å²) in [4.78, 5) is 17.0. The number of hydrogen-bond acceptors (Lipinski definition) is 7. The molecule has 8 nitrogen and oxygen atoms in total. The molecule has 28 heavy (non-hydrogen) atoms. The largest absolute Gasteiger partial charge is 0.434 e. The van der Waals surface area contributed by atoms with Crippen molar-refractivity contribution in [3.8, 4) is 0 Å². The van der Waals surface area contributed by atoms with E-state index in [2.05, 4.69) is 9.72 Å². The highest BCUT2D eigenvalue weighted by atomic mass is 32.2. The maximum absolute atomic E-state index is 12.6. The zero-order valence-electron chi connectivity index (χ0n) is 14.8. The van der Waals surface area contributed by atoms with Crippen LogP contribution >= 0.6 is 11.3 Å². The first kappa shape index (κ1) is 21.3. The van der Waals surface area contributed by atoms with Gasteiger partial charge < -0.3 is 14.7 Å². The molecule has 2 aliphatic heterocycles. The number of thiazole rings is 1. The van der Waals surface area contributed by atoms with Crippen molar-refractivity contribution in [3.05, 3.63) is 11.6 Å². The Morgan fingerprint density at radius 3 is 2.50 bits per heavy atom. The number of sulfonamides is 1. The molecule has 0 saturated carbocycles. The molecule has 3 rings (SSSR count). The average molecular weight is 443 g/mol. The van der Waals surface area contributed by atoms with E-state index in [-0.39, 0.29) is 22.8 Å². The lowest BCUT2D eigenvalue weighted by atomic mass is 9.78. The molecule has 2 fully saturated rings. The Bertz CT molecular complexity index is 792. The summed E-state index contributed by atoms with van der Waals surface area (Å²) >= 11 is 1.04. The molecule has 1 N–H and O–H groups in total. The Morgan fingerprint density at radius 2 is 1.96 bits per heavy atom. The fourth-order valence-electron chi connectivity index (χ4n) is 3.52. The summed E-state index contributed by atoms with van der Waals surface area (Å²) in [5.41, 5.74) is -0.318. The standard InChI is InChI=1S/C15H20F3N3O5S2/c16-15(17,18)11(9-22)26-13(23)20-5-1-14(2-6-20)3-7-21(10-14)28(24,25)12-19-4-8-27-12/h4,8,11,22H,1-3,5-7,9-10H2/t11-/m1/s1. The molecule has 0 radical (unpaired) electrons. The Hall–Kier alpha value is -1.44. The van der Waals surface area contributed by atoms with Crippen LogP contribution in [0.4, 0.5) is 18.0 Å². The third kappa shape index (κ3) is 4.26. The number of aliphatic hydroxyl groups is 1. The second kappa shape index (κ2) is 7.76. The van der Waals surface area contributed by atoms with Gasteiger partial charge in [-0.1, -0.05) is 0 Å². The molecule has 1 aromatic rings. The SMILES string of the molecule is O=C(O[C@H](CO)C(F)(F)F)N1CCC2(CC1)CCN(S(=O)(=O)c1nccs1)C2. The van der Waals surface area contributed by atoms with Gasteiger partial charge in [0.05, 0.1) is 6.61 Å². The van der Waals surface area contributed by atoms with Crippen LogP contribution in [-0.2, 0) is 14.8 Å². The van der Waals surface area contributed by atoms with E-state index in [1.807, 2.05) is 0 Å². The highest BCUT2D eigenvalue weighted by molar-refractivity contribution is 7.91. The van der Waals surface area contributed by atoms with Crippen LogP contribution in [0.5, 0.6) is 0 Å². The zero-order chi connectivity index (χ0) is 20.6. The number of rotatable bonds is 4. The van der Waals surface area contributed by atoms with Crippen LogP contribution in [0.3, 0.4) is 0 Å². The van der Waals surface area contributed by atoms with Gasteiger partial charge in [-0.2, -0.15) is 17.5 Å². The number of alkyl halides is 3. The van der Waals surface area contributed by atoms with Crippen molar-refractivity contribution in [1.29, 1.82) is 0 Å². The van der Waals surface area contributed by atoms with Crippen LogP contribution in [0, 0.1) is 5.41 Å². The Balaban J connectivity index is 1.58. The van der Waals surface area contributed by atoms with Crippen LogP contribution in [0.2, 0.25) is 0 Å². The number of amides is 1. The van der Waals surface area contributed by atoms with Crippen LogP contribution in [0.1, 0.15) is 19.3 Å². The van der Waals surface area contributed by atoms with Crippen molar-refractivity contribution in [2.24, 2.45) is 5.41 Å². The summed E-state index contributed by atoms with van der Waals surface area (Å²) < 4.78 is 68.9. The summed E-state index contributed by atoms with van der Waals surface area (Å²) in [6.45, 7) is -0.372. The summed E-state index contributed by atoms with van der Waals surface area (Å²) in [5.74, 6) is 0. The molecule has 0 aliphatic carbocycles. The Morgan fingerprint density at radius 1 is 1.32 bits per heavy atom. The Labute approximate surface area is 164 Å². The van der Waals surface area contributed by atoms with Gasteiger partial charge in [-0.25, -0.2) is 18.2 Å². The van der Waals surface area contributed by atoms with Crippen molar-refractivity contribution in [1.82, 2.24) is 14.2 Å². The topological polar surface area (TPSA) is 100 Å². The molecule has 0 aromatic carbocycles. The number of nitrogens with zero attached hydrogens (tertiary/aromatic N) is 3. The molecular formula is C15H20F3N3O5S2. The smallest absolute Gasteiger partial charge is 0.427 e. The number of hydrogen-bond donors (Lipinski definition) is 1. The minimum atomic E-state index is -4.84. The van der Waals surface area contributed by atoms with E-state index in [1.54, 1.807) is 5.38 Å². The molecule has 1 spiro atoms. The average Bonchev–Trinajstić information content (AvgIpc) is 3.30.